The highest BCUT2D eigenvalue weighted by atomic mass is 32.2. The molecule has 0 bridgehead atoms. The van der Waals surface area contributed by atoms with Crippen molar-refractivity contribution >= 4 is 21.8 Å². The van der Waals surface area contributed by atoms with Crippen molar-refractivity contribution in [1.82, 2.24) is 10.2 Å². The highest BCUT2D eigenvalue weighted by Crippen LogP contribution is 2.00. The number of carboxylic acids is 1. The van der Waals surface area contributed by atoms with E-state index in [4.69, 9.17) is 5.11 Å². The number of hydrogen-bond acceptors (Lipinski definition) is 4. The van der Waals surface area contributed by atoms with Crippen molar-refractivity contribution in [2.24, 2.45) is 0 Å². The van der Waals surface area contributed by atoms with Crippen LogP contribution in [0.5, 0.6) is 0 Å². The zero-order valence-electron chi connectivity index (χ0n) is 11.0. The molecule has 0 fully saturated rings. The normalized spacial score (nSPS) is 13.2. The van der Waals surface area contributed by atoms with Gasteiger partial charge in [0.05, 0.1) is 5.75 Å². The van der Waals surface area contributed by atoms with Crippen molar-refractivity contribution in [3.63, 3.8) is 0 Å². The van der Waals surface area contributed by atoms with Crippen LogP contribution in [0.1, 0.15) is 20.8 Å². The molecule has 0 aliphatic rings. The number of carbonyl (C=O) groups excluding carboxylic acids is 1. The number of carboxylic acid groups (broad SMARTS) is 1. The van der Waals surface area contributed by atoms with Crippen molar-refractivity contribution in [1.29, 1.82) is 0 Å². The largest absolute Gasteiger partial charge is 0.480 e. The van der Waals surface area contributed by atoms with Crippen molar-refractivity contribution < 1.29 is 23.1 Å². The molecule has 0 aromatic heterocycles. The van der Waals surface area contributed by atoms with Crippen molar-refractivity contribution in [3.05, 3.63) is 0 Å². The zero-order valence-corrected chi connectivity index (χ0v) is 11.8. The third-order valence-electron chi connectivity index (χ3n) is 2.11. The summed E-state index contributed by atoms with van der Waals surface area (Å²) in [6.07, 6.45) is 1.08. The minimum Gasteiger partial charge on any atom is -0.480 e. The summed E-state index contributed by atoms with van der Waals surface area (Å²) in [4.78, 5) is 23.5. The first-order chi connectivity index (χ1) is 8.03. The number of amides is 2. The van der Waals surface area contributed by atoms with E-state index in [1.165, 1.54) is 0 Å². The first kappa shape index (κ1) is 16.7. The van der Waals surface area contributed by atoms with Gasteiger partial charge in [0.25, 0.3) is 0 Å². The molecule has 0 saturated carbocycles. The Morgan fingerprint density at radius 1 is 1.28 bits per heavy atom. The Morgan fingerprint density at radius 2 is 1.78 bits per heavy atom. The average molecular weight is 280 g/mol. The summed E-state index contributed by atoms with van der Waals surface area (Å²) in [6, 6.07) is -1.43. The van der Waals surface area contributed by atoms with Gasteiger partial charge in [-0.25, -0.2) is 13.2 Å². The van der Waals surface area contributed by atoms with Crippen LogP contribution < -0.4 is 5.32 Å². The monoisotopic (exact) mass is 280 g/mol. The predicted octanol–water partition coefficient (Wildman–Crippen LogP) is -0.0759. The van der Waals surface area contributed by atoms with Gasteiger partial charge in [-0.05, 0) is 20.8 Å². The Labute approximate surface area is 107 Å². The molecular weight excluding hydrogens is 260 g/mol. The minimum atomic E-state index is -3.19. The van der Waals surface area contributed by atoms with E-state index in [1.807, 2.05) is 0 Å². The Hall–Kier alpha value is -1.31. The van der Waals surface area contributed by atoms with E-state index < -0.39 is 34.4 Å². The molecule has 0 heterocycles. The third kappa shape index (κ3) is 7.10. The lowest BCUT2D eigenvalue weighted by atomic mass is 10.3. The number of carbonyl (C=O) groups is 2. The number of nitrogens with one attached hydrogen (secondary N) is 1. The van der Waals surface area contributed by atoms with Gasteiger partial charge in [0.2, 0.25) is 0 Å². The fourth-order valence-corrected chi connectivity index (χ4v) is 2.42. The summed E-state index contributed by atoms with van der Waals surface area (Å²) < 4.78 is 22.1. The lowest BCUT2D eigenvalue weighted by molar-refractivity contribution is -0.138. The summed E-state index contributed by atoms with van der Waals surface area (Å²) in [5.41, 5.74) is 0. The molecule has 0 aromatic rings. The summed E-state index contributed by atoms with van der Waals surface area (Å²) in [5.74, 6) is -1.30. The van der Waals surface area contributed by atoms with Crippen molar-refractivity contribution in [2.75, 3.05) is 18.6 Å². The molecule has 2 amide bonds. The van der Waals surface area contributed by atoms with E-state index in [0.29, 0.717) is 0 Å². The molecule has 0 aliphatic carbocycles. The van der Waals surface area contributed by atoms with Gasteiger partial charge in [0, 0.05) is 18.3 Å². The SMILES string of the molecule is CC(CS(C)(=O)=O)NC(=O)N(CC(=O)O)C(C)C. The Morgan fingerprint density at radius 3 is 2.11 bits per heavy atom. The number of aliphatic carboxylic acids is 1. The molecule has 2 N–H and O–H groups in total. The smallest absolute Gasteiger partial charge is 0.323 e. The summed E-state index contributed by atoms with van der Waals surface area (Å²) in [6.45, 7) is 4.50. The van der Waals surface area contributed by atoms with Crippen LogP contribution in [-0.2, 0) is 14.6 Å². The molecule has 0 aliphatic heterocycles. The molecule has 7 nitrogen and oxygen atoms in total. The maximum Gasteiger partial charge on any atom is 0.323 e. The van der Waals surface area contributed by atoms with E-state index in [9.17, 15) is 18.0 Å². The van der Waals surface area contributed by atoms with Crippen LogP contribution in [0, 0.1) is 0 Å². The fourth-order valence-electron chi connectivity index (χ4n) is 1.42. The highest BCUT2D eigenvalue weighted by molar-refractivity contribution is 7.90. The summed E-state index contributed by atoms with van der Waals surface area (Å²) in [5, 5.41) is 11.2. The maximum absolute atomic E-state index is 11.8. The number of nitrogens with zero attached hydrogens (tertiary/aromatic N) is 1. The predicted molar refractivity (Wildman–Crippen MR) is 67.2 cm³/mol. The molecule has 106 valence electrons. The van der Waals surface area contributed by atoms with Crippen LogP contribution >= 0.6 is 0 Å². The average Bonchev–Trinajstić information content (AvgIpc) is 2.09. The number of rotatable bonds is 6. The van der Waals surface area contributed by atoms with Gasteiger partial charge < -0.3 is 15.3 Å². The molecule has 0 radical (unpaired) electrons. The summed E-state index contributed by atoms with van der Waals surface area (Å²) >= 11 is 0. The van der Waals surface area contributed by atoms with Gasteiger partial charge in [-0.3, -0.25) is 4.79 Å². The highest BCUT2D eigenvalue weighted by Gasteiger charge is 2.22. The standard InChI is InChI=1S/C10H20N2O5S/c1-7(2)12(5-9(13)14)10(15)11-8(3)6-18(4,16)17/h7-8H,5-6H2,1-4H3,(H,11,15)(H,13,14). The fraction of sp³-hybridized carbons (Fsp3) is 0.800. The third-order valence-corrected chi connectivity index (χ3v) is 3.22. The zero-order chi connectivity index (χ0) is 14.5. The number of urea groups is 1. The number of sulfone groups is 1. The van der Waals surface area contributed by atoms with Gasteiger partial charge in [-0.2, -0.15) is 0 Å². The molecular formula is C10H20N2O5S. The first-order valence-corrected chi connectivity index (χ1v) is 7.55. The van der Waals surface area contributed by atoms with Gasteiger partial charge >= 0.3 is 12.0 Å². The second-order valence-electron chi connectivity index (χ2n) is 4.56. The van der Waals surface area contributed by atoms with Gasteiger partial charge in [0.1, 0.15) is 16.4 Å². The van der Waals surface area contributed by atoms with Crippen LogP contribution in [0.2, 0.25) is 0 Å². The molecule has 8 heteroatoms. The van der Waals surface area contributed by atoms with Crippen LogP contribution in [-0.4, -0.2) is 61.1 Å². The molecule has 1 unspecified atom stereocenters. The quantitative estimate of drug-likeness (QED) is 0.708. The Balaban J connectivity index is 4.56. The van der Waals surface area contributed by atoms with E-state index in [1.54, 1.807) is 20.8 Å². The van der Waals surface area contributed by atoms with Gasteiger partial charge in [-0.15, -0.1) is 0 Å². The summed E-state index contributed by atoms with van der Waals surface area (Å²) in [7, 11) is -3.19. The van der Waals surface area contributed by atoms with Crippen molar-refractivity contribution in [2.45, 2.75) is 32.9 Å². The Kier molecular flexibility index (Phi) is 6.10. The van der Waals surface area contributed by atoms with Crippen LogP contribution in [0.25, 0.3) is 0 Å². The second kappa shape index (κ2) is 6.58. The lowest BCUT2D eigenvalue weighted by Crippen LogP contribution is -2.50. The lowest BCUT2D eigenvalue weighted by Gasteiger charge is -2.26. The van der Waals surface area contributed by atoms with Crippen LogP contribution in [0.15, 0.2) is 0 Å². The van der Waals surface area contributed by atoms with Crippen LogP contribution in [0.4, 0.5) is 4.79 Å². The topological polar surface area (TPSA) is 104 Å². The first-order valence-electron chi connectivity index (χ1n) is 5.49. The van der Waals surface area contributed by atoms with Crippen LogP contribution in [0.3, 0.4) is 0 Å². The van der Waals surface area contributed by atoms with E-state index in [-0.39, 0.29) is 11.8 Å². The van der Waals surface area contributed by atoms with E-state index in [0.717, 1.165) is 11.2 Å². The van der Waals surface area contributed by atoms with Gasteiger partial charge in [0.15, 0.2) is 0 Å². The van der Waals surface area contributed by atoms with E-state index >= 15 is 0 Å². The molecule has 18 heavy (non-hydrogen) atoms. The molecule has 1 atom stereocenters. The maximum atomic E-state index is 11.8. The molecule has 0 saturated heterocycles. The second-order valence-corrected chi connectivity index (χ2v) is 6.74. The van der Waals surface area contributed by atoms with E-state index in [2.05, 4.69) is 5.32 Å². The minimum absolute atomic E-state index is 0.183. The molecule has 0 spiro atoms. The molecule has 0 rings (SSSR count). The molecule has 0 aromatic carbocycles. The van der Waals surface area contributed by atoms with Crippen molar-refractivity contribution in [3.8, 4) is 0 Å². The Bertz CT molecular complexity index is 404. The van der Waals surface area contributed by atoms with Gasteiger partial charge in [-0.1, -0.05) is 0 Å². The number of hydrogen-bond donors (Lipinski definition) is 2.